The molecule has 0 heterocycles. The molecule has 1 atom stereocenters. The van der Waals surface area contributed by atoms with Gasteiger partial charge in [0.05, 0.1) is 24.2 Å². The number of aldehydes is 1. The van der Waals surface area contributed by atoms with Crippen LogP contribution in [0.2, 0.25) is 0 Å². The van der Waals surface area contributed by atoms with Crippen LogP contribution in [0, 0.1) is 6.92 Å². The van der Waals surface area contributed by atoms with Gasteiger partial charge in [-0.05, 0) is 19.9 Å². The van der Waals surface area contributed by atoms with Crippen molar-refractivity contribution in [2.75, 3.05) is 19.8 Å². The van der Waals surface area contributed by atoms with Gasteiger partial charge in [0.15, 0.2) is 0 Å². The molecule has 0 spiro atoms. The zero-order chi connectivity index (χ0) is 15.2. The normalized spacial score (nSPS) is 13.2. The molecule has 0 radical (unpaired) electrons. The lowest BCUT2D eigenvalue weighted by molar-refractivity contribution is -0.112. The van der Waals surface area contributed by atoms with Gasteiger partial charge in [-0.3, -0.25) is 4.55 Å². The van der Waals surface area contributed by atoms with E-state index in [9.17, 15) is 17.8 Å². The molecule has 112 valence electrons. The SMILES string of the molecule is Cc1ccc(S(=O)(=O)O)c(C(C)OCCOCC=O)c1. The van der Waals surface area contributed by atoms with E-state index in [2.05, 4.69) is 0 Å². The third-order valence-electron chi connectivity index (χ3n) is 2.66. The molecule has 0 fully saturated rings. The summed E-state index contributed by atoms with van der Waals surface area (Å²) >= 11 is 0. The highest BCUT2D eigenvalue weighted by atomic mass is 32.2. The van der Waals surface area contributed by atoms with Crippen molar-refractivity contribution in [3.8, 4) is 0 Å². The molecular formula is C13H18O6S. The number of ether oxygens (including phenoxy) is 2. The van der Waals surface area contributed by atoms with Gasteiger partial charge in [0.1, 0.15) is 12.9 Å². The van der Waals surface area contributed by atoms with E-state index in [1.807, 2.05) is 6.92 Å². The van der Waals surface area contributed by atoms with Crippen molar-refractivity contribution in [3.63, 3.8) is 0 Å². The van der Waals surface area contributed by atoms with Crippen LogP contribution >= 0.6 is 0 Å². The maximum atomic E-state index is 11.3. The van der Waals surface area contributed by atoms with E-state index in [0.29, 0.717) is 11.8 Å². The Labute approximate surface area is 118 Å². The monoisotopic (exact) mass is 302 g/mol. The summed E-state index contributed by atoms with van der Waals surface area (Å²) in [5, 5.41) is 0. The van der Waals surface area contributed by atoms with E-state index < -0.39 is 16.2 Å². The van der Waals surface area contributed by atoms with Gasteiger partial charge in [0.25, 0.3) is 10.1 Å². The molecule has 1 unspecified atom stereocenters. The topological polar surface area (TPSA) is 89.9 Å². The van der Waals surface area contributed by atoms with Crippen molar-refractivity contribution in [2.24, 2.45) is 0 Å². The van der Waals surface area contributed by atoms with Crippen LogP contribution in [0.1, 0.15) is 24.2 Å². The predicted molar refractivity (Wildman–Crippen MR) is 72.2 cm³/mol. The van der Waals surface area contributed by atoms with E-state index in [1.54, 1.807) is 19.1 Å². The Bertz CT molecular complexity index is 552. The van der Waals surface area contributed by atoms with Crippen LogP contribution in [0.3, 0.4) is 0 Å². The van der Waals surface area contributed by atoms with Crippen LogP contribution in [0.4, 0.5) is 0 Å². The number of hydrogen-bond acceptors (Lipinski definition) is 5. The van der Waals surface area contributed by atoms with Crippen LogP contribution in [0.15, 0.2) is 23.1 Å². The Morgan fingerprint density at radius 3 is 2.65 bits per heavy atom. The van der Waals surface area contributed by atoms with Crippen LogP contribution in [-0.4, -0.2) is 39.1 Å². The summed E-state index contributed by atoms with van der Waals surface area (Å²) in [6, 6.07) is 4.61. The van der Waals surface area contributed by atoms with Crippen LogP contribution < -0.4 is 0 Å². The fraction of sp³-hybridized carbons (Fsp3) is 0.462. The van der Waals surface area contributed by atoms with Gasteiger partial charge in [-0.25, -0.2) is 0 Å². The van der Waals surface area contributed by atoms with E-state index in [4.69, 9.17) is 9.47 Å². The molecule has 0 amide bonds. The molecule has 6 nitrogen and oxygen atoms in total. The van der Waals surface area contributed by atoms with Crippen molar-refractivity contribution in [1.29, 1.82) is 0 Å². The minimum Gasteiger partial charge on any atom is -0.372 e. The lowest BCUT2D eigenvalue weighted by Crippen LogP contribution is -2.12. The lowest BCUT2D eigenvalue weighted by Gasteiger charge is -2.16. The molecule has 1 rings (SSSR count). The van der Waals surface area contributed by atoms with E-state index in [-0.39, 0.29) is 24.7 Å². The van der Waals surface area contributed by atoms with Crippen molar-refractivity contribution in [2.45, 2.75) is 24.8 Å². The number of hydrogen-bond donors (Lipinski definition) is 1. The molecule has 0 aliphatic carbocycles. The van der Waals surface area contributed by atoms with Crippen LogP contribution in [0.25, 0.3) is 0 Å². The molecular weight excluding hydrogens is 284 g/mol. The summed E-state index contributed by atoms with van der Waals surface area (Å²) in [7, 11) is -4.29. The van der Waals surface area contributed by atoms with Gasteiger partial charge in [-0.1, -0.05) is 17.7 Å². The van der Waals surface area contributed by atoms with Crippen molar-refractivity contribution < 1.29 is 27.2 Å². The quantitative estimate of drug-likeness (QED) is 0.445. The smallest absolute Gasteiger partial charge is 0.294 e. The largest absolute Gasteiger partial charge is 0.372 e. The first-order valence-corrected chi connectivity index (χ1v) is 7.51. The van der Waals surface area contributed by atoms with E-state index in [1.165, 1.54) is 6.07 Å². The minimum atomic E-state index is -4.29. The highest BCUT2D eigenvalue weighted by molar-refractivity contribution is 7.85. The van der Waals surface area contributed by atoms with Gasteiger partial charge >= 0.3 is 0 Å². The molecule has 1 N–H and O–H groups in total. The van der Waals surface area contributed by atoms with Crippen molar-refractivity contribution in [3.05, 3.63) is 29.3 Å². The van der Waals surface area contributed by atoms with Crippen molar-refractivity contribution in [1.82, 2.24) is 0 Å². The lowest BCUT2D eigenvalue weighted by atomic mass is 10.1. The average molecular weight is 302 g/mol. The summed E-state index contributed by atoms with van der Waals surface area (Å²) in [5.41, 5.74) is 1.25. The van der Waals surface area contributed by atoms with Gasteiger partial charge in [0.2, 0.25) is 0 Å². The first kappa shape index (κ1) is 16.8. The second-order valence-electron chi connectivity index (χ2n) is 4.27. The Kier molecular flexibility index (Phi) is 6.28. The maximum absolute atomic E-state index is 11.3. The second kappa shape index (κ2) is 7.49. The highest BCUT2D eigenvalue weighted by Crippen LogP contribution is 2.26. The number of aryl methyl sites for hydroxylation is 1. The van der Waals surface area contributed by atoms with Gasteiger partial charge < -0.3 is 14.3 Å². The standard InChI is InChI=1S/C13H18O6S/c1-10-3-4-13(20(15,16)17)12(9-10)11(2)19-8-7-18-6-5-14/h3-5,9,11H,6-8H2,1-2H3,(H,15,16,17). The number of carbonyl (C=O) groups is 1. The fourth-order valence-electron chi connectivity index (χ4n) is 1.73. The first-order valence-electron chi connectivity index (χ1n) is 6.07. The zero-order valence-corrected chi connectivity index (χ0v) is 12.2. The van der Waals surface area contributed by atoms with Crippen LogP contribution in [0.5, 0.6) is 0 Å². The number of rotatable bonds is 8. The van der Waals surface area contributed by atoms with Gasteiger partial charge in [-0.15, -0.1) is 0 Å². The molecule has 20 heavy (non-hydrogen) atoms. The van der Waals surface area contributed by atoms with Gasteiger partial charge in [0, 0.05) is 5.56 Å². The molecule has 1 aromatic rings. The molecule has 0 aliphatic heterocycles. The first-order chi connectivity index (χ1) is 9.36. The second-order valence-corrected chi connectivity index (χ2v) is 5.66. The number of benzene rings is 1. The van der Waals surface area contributed by atoms with Gasteiger partial charge in [-0.2, -0.15) is 8.42 Å². The Balaban J connectivity index is 2.78. The minimum absolute atomic E-state index is 0.00153. The fourth-order valence-corrected chi connectivity index (χ4v) is 2.49. The highest BCUT2D eigenvalue weighted by Gasteiger charge is 2.19. The van der Waals surface area contributed by atoms with Crippen LogP contribution in [-0.2, 0) is 24.4 Å². The van der Waals surface area contributed by atoms with E-state index in [0.717, 1.165) is 5.56 Å². The zero-order valence-electron chi connectivity index (χ0n) is 11.4. The summed E-state index contributed by atoms with van der Waals surface area (Å²) in [6.07, 6.45) is 0.118. The summed E-state index contributed by atoms with van der Waals surface area (Å²) in [5.74, 6) is 0. The summed E-state index contributed by atoms with van der Waals surface area (Å²) in [6.45, 7) is 3.95. The number of carbonyl (C=O) groups excluding carboxylic acids is 1. The third-order valence-corrected chi connectivity index (χ3v) is 3.59. The molecule has 7 heteroatoms. The van der Waals surface area contributed by atoms with E-state index >= 15 is 0 Å². The predicted octanol–water partition coefficient (Wildman–Crippen LogP) is 1.53. The molecule has 0 aliphatic rings. The maximum Gasteiger partial charge on any atom is 0.294 e. The molecule has 1 aromatic carbocycles. The Morgan fingerprint density at radius 2 is 2.05 bits per heavy atom. The van der Waals surface area contributed by atoms with Crippen molar-refractivity contribution >= 4 is 16.4 Å². The third kappa shape index (κ3) is 5.01. The summed E-state index contributed by atoms with van der Waals surface area (Å²) in [4.78, 5) is 9.89. The molecule has 0 saturated carbocycles. The summed E-state index contributed by atoms with van der Waals surface area (Å²) < 4.78 is 42.2. The average Bonchev–Trinajstić information content (AvgIpc) is 2.36. The molecule has 0 aromatic heterocycles. The molecule has 0 bridgehead atoms. The molecule has 0 saturated heterocycles. The Hall–Kier alpha value is -1.28. The Morgan fingerprint density at radius 1 is 1.35 bits per heavy atom.